The van der Waals surface area contributed by atoms with Crippen molar-refractivity contribution in [2.24, 2.45) is 5.92 Å². The van der Waals surface area contributed by atoms with Crippen LogP contribution in [0.5, 0.6) is 23.0 Å². The van der Waals surface area contributed by atoms with Gasteiger partial charge in [-0.25, -0.2) is 0 Å². The lowest BCUT2D eigenvalue weighted by molar-refractivity contribution is -0.132. The molecule has 2 aromatic carbocycles. The first kappa shape index (κ1) is 22.3. The van der Waals surface area contributed by atoms with Crippen LogP contribution in [0.3, 0.4) is 0 Å². The van der Waals surface area contributed by atoms with Crippen molar-refractivity contribution in [3.8, 4) is 23.0 Å². The van der Waals surface area contributed by atoms with E-state index in [0.29, 0.717) is 56.6 Å². The molecule has 0 radical (unpaired) electrons. The quantitative estimate of drug-likeness (QED) is 0.698. The van der Waals surface area contributed by atoms with E-state index in [1.807, 2.05) is 31.3 Å². The fourth-order valence-electron chi connectivity index (χ4n) is 4.43. The number of nitrogens with one attached hydrogen (secondary N) is 1. The molecule has 5 rings (SSSR count). The van der Waals surface area contributed by atoms with Gasteiger partial charge in [0, 0.05) is 31.3 Å². The normalized spacial score (nSPS) is 17.3. The molecule has 2 aromatic rings. The van der Waals surface area contributed by atoms with Gasteiger partial charge in [0.2, 0.25) is 18.6 Å². The number of piperidine rings is 1. The number of benzene rings is 2. The molecule has 180 valence electrons. The highest BCUT2D eigenvalue weighted by Crippen LogP contribution is 2.34. The number of carbonyl (C=O) groups excluding carboxylic acids is 2. The summed E-state index contributed by atoms with van der Waals surface area (Å²) >= 11 is 0. The van der Waals surface area contributed by atoms with Crippen molar-refractivity contribution >= 4 is 17.5 Å². The lowest BCUT2D eigenvalue weighted by Gasteiger charge is -2.32. The predicted molar refractivity (Wildman–Crippen MR) is 124 cm³/mol. The summed E-state index contributed by atoms with van der Waals surface area (Å²) in [5.74, 6) is 2.78. The van der Waals surface area contributed by atoms with Gasteiger partial charge in [0.05, 0.1) is 6.54 Å². The Morgan fingerprint density at radius 3 is 2.44 bits per heavy atom. The SMILES string of the molecule is CN(Cc1ccc2c(c1)OCCO2)C(=O)CN1CCC(C(=O)Nc2ccc3c(c2)OCO3)CC1. The highest BCUT2D eigenvalue weighted by Gasteiger charge is 2.27. The predicted octanol–water partition coefficient (Wildman–Crippen LogP) is 2.50. The molecule has 0 spiro atoms. The zero-order chi connectivity index (χ0) is 23.5. The maximum atomic E-state index is 12.8. The second-order valence-electron chi connectivity index (χ2n) is 8.84. The third-order valence-corrected chi connectivity index (χ3v) is 6.41. The van der Waals surface area contributed by atoms with Gasteiger partial charge in [-0.3, -0.25) is 14.5 Å². The number of anilines is 1. The summed E-state index contributed by atoms with van der Waals surface area (Å²) in [5.41, 5.74) is 1.70. The lowest BCUT2D eigenvalue weighted by Crippen LogP contribution is -2.43. The summed E-state index contributed by atoms with van der Waals surface area (Å²) in [6, 6.07) is 11.2. The van der Waals surface area contributed by atoms with Gasteiger partial charge >= 0.3 is 0 Å². The van der Waals surface area contributed by atoms with E-state index >= 15 is 0 Å². The minimum Gasteiger partial charge on any atom is -0.486 e. The van der Waals surface area contributed by atoms with Gasteiger partial charge in [-0.1, -0.05) is 6.07 Å². The molecule has 0 saturated carbocycles. The van der Waals surface area contributed by atoms with Crippen molar-refractivity contribution in [2.75, 3.05) is 52.0 Å². The van der Waals surface area contributed by atoms with E-state index in [1.54, 1.807) is 17.0 Å². The number of carbonyl (C=O) groups is 2. The van der Waals surface area contributed by atoms with Crippen molar-refractivity contribution in [2.45, 2.75) is 19.4 Å². The summed E-state index contributed by atoms with van der Waals surface area (Å²) in [6.07, 6.45) is 1.44. The molecule has 2 amide bonds. The van der Waals surface area contributed by atoms with Gasteiger partial charge in [-0.2, -0.15) is 0 Å². The summed E-state index contributed by atoms with van der Waals surface area (Å²) in [4.78, 5) is 29.3. The van der Waals surface area contributed by atoms with Gasteiger partial charge in [0.15, 0.2) is 23.0 Å². The van der Waals surface area contributed by atoms with E-state index in [0.717, 1.165) is 29.9 Å². The zero-order valence-corrected chi connectivity index (χ0v) is 19.2. The molecule has 9 heteroatoms. The van der Waals surface area contributed by atoms with E-state index in [4.69, 9.17) is 18.9 Å². The Kier molecular flexibility index (Phi) is 6.44. The number of rotatable bonds is 6. The van der Waals surface area contributed by atoms with Gasteiger partial charge in [-0.15, -0.1) is 0 Å². The first-order valence-corrected chi connectivity index (χ1v) is 11.6. The average molecular weight is 468 g/mol. The number of nitrogens with zero attached hydrogens (tertiary/aromatic N) is 2. The molecular formula is C25H29N3O6. The molecule has 0 bridgehead atoms. The number of hydrogen-bond acceptors (Lipinski definition) is 7. The van der Waals surface area contributed by atoms with Crippen LogP contribution in [-0.4, -0.2) is 68.3 Å². The molecular weight excluding hydrogens is 438 g/mol. The van der Waals surface area contributed by atoms with E-state index in [2.05, 4.69) is 10.2 Å². The van der Waals surface area contributed by atoms with Crippen LogP contribution >= 0.6 is 0 Å². The maximum absolute atomic E-state index is 12.8. The molecule has 0 aliphatic carbocycles. The minimum atomic E-state index is -0.0766. The van der Waals surface area contributed by atoms with Crippen LogP contribution in [0.2, 0.25) is 0 Å². The third kappa shape index (κ3) is 5.04. The lowest BCUT2D eigenvalue weighted by atomic mass is 9.95. The van der Waals surface area contributed by atoms with Crippen LogP contribution in [0.25, 0.3) is 0 Å². The Morgan fingerprint density at radius 1 is 0.941 bits per heavy atom. The number of amides is 2. The first-order chi connectivity index (χ1) is 16.5. The van der Waals surface area contributed by atoms with Crippen molar-refractivity contribution in [3.63, 3.8) is 0 Å². The molecule has 34 heavy (non-hydrogen) atoms. The minimum absolute atomic E-state index is 0.000526. The second-order valence-corrected chi connectivity index (χ2v) is 8.84. The molecule has 9 nitrogen and oxygen atoms in total. The highest BCUT2D eigenvalue weighted by atomic mass is 16.7. The number of likely N-dealkylation sites (N-methyl/N-ethyl adjacent to an activating group) is 1. The molecule has 1 saturated heterocycles. The largest absolute Gasteiger partial charge is 0.486 e. The van der Waals surface area contributed by atoms with Crippen LogP contribution in [0, 0.1) is 5.92 Å². The monoisotopic (exact) mass is 467 g/mol. The maximum Gasteiger partial charge on any atom is 0.236 e. The van der Waals surface area contributed by atoms with E-state index in [-0.39, 0.29) is 24.5 Å². The topological polar surface area (TPSA) is 89.6 Å². The van der Waals surface area contributed by atoms with Crippen molar-refractivity contribution < 1.29 is 28.5 Å². The fraction of sp³-hybridized carbons (Fsp3) is 0.440. The summed E-state index contributed by atoms with van der Waals surface area (Å²) < 4.78 is 21.9. The van der Waals surface area contributed by atoms with Crippen LogP contribution in [-0.2, 0) is 16.1 Å². The number of hydrogen-bond donors (Lipinski definition) is 1. The Hall–Kier alpha value is -3.46. The molecule has 0 atom stereocenters. The Balaban J connectivity index is 1.07. The van der Waals surface area contributed by atoms with Crippen LogP contribution in [0.1, 0.15) is 18.4 Å². The van der Waals surface area contributed by atoms with Gasteiger partial charge in [0.25, 0.3) is 0 Å². The number of likely N-dealkylation sites (tertiary alicyclic amines) is 1. The Morgan fingerprint density at radius 2 is 1.62 bits per heavy atom. The molecule has 0 aromatic heterocycles. The van der Waals surface area contributed by atoms with Crippen LogP contribution in [0.4, 0.5) is 5.69 Å². The molecule has 0 unspecified atom stereocenters. The zero-order valence-electron chi connectivity index (χ0n) is 19.2. The van der Waals surface area contributed by atoms with Crippen LogP contribution < -0.4 is 24.3 Å². The number of ether oxygens (including phenoxy) is 4. The van der Waals surface area contributed by atoms with E-state index < -0.39 is 0 Å². The van der Waals surface area contributed by atoms with Crippen LogP contribution in [0.15, 0.2) is 36.4 Å². The molecule has 3 heterocycles. The first-order valence-electron chi connectivity index (χ1n) is 11.6. The van der Waals surface area contributed by atoms with Gasteiger partial charge < -0.3 is 29.2 Å². The van der Waals surface area contributed by atoms with Gasteiger partial charge in [0.1, 0.15) is 13.2 Å². The summed E-state index contributed by atoms with van der Waals surface area (Å²) in [5, 5.41) is 2.98. The molecule has 1 fully saturated rings. The molecule has 3 aliphatic rings. The van der Waals surface area contributed by atoms with Crippen molar-refractivity contribution in [1.82, 2.24) is 9.80 Å². The van der Waals surface area contributed by atoms with E-state index in [1.165, 1.54) is 0 Å². The second kappa shape index (κ2) is 9.80. The van der Waals surface area contributed by atoms with Gasteiger partial charge in [-0.05, 0) is 55.8 Å². The number of fused-ring (bicyclic) bond motifs is 2. The van der Waals surface area contributed by atoms with E-state index in [9.17, 15) is 9.59 Å². The average Bonchev–Trinajstić information content (AvgIpc) is 3.32. The van der Waals surface area contributed by atoms with Crippen molar-refractivity contribution in [1.29, 1.82) is 0 Å². The molecule has 1 N–H and O–H groups in total. The Labute approximate surface area is 198 Å². The highest BCUT2D eigenvalue weighted by molar-refractivity contribution is 5.93. The summed E-state index contributed by atoms with van der Waals surface area (Å²) in [6.45, 7) is 3.57. The smallest absolute Gasteiger partial charge is 0.236 e. The van der Waals surface area contributed by atoms with Crippen molar-refractivity contribution in [3.05, 3.63) is 42.0 Å². The standard InChI is InChI=1S/C25H29N3O6/c1-27(14-17-2-4-20-22(12-17)32-11-10-31-20)24(29)15-28-8-6-18(7-9-28)25(30)26-19-3-5-21-23(13-19)34-16-33-21/h2-5,12-13,18H,6-11,14-16H2,1H3,(H,26,30). The third-order valence-electron chi connectivity index (χ3n) is 6.41. The Bertz CT molecular complexity index is 1070. The fourth-order valence-corrected chi connectivity index (χ4v) is 4.43. The molecule has 3 aliphatic heterocycles. The summed E-state index contributed by atoms with van der Waals surface area (Å²) in [7, 11) is 1.81.